The van der Waals surface area contributed by atoms with Crippen molar-refractivity contribution in [3.05, 3.63) is 12.7 Å². The van der Waals surface area contributed by atoms with Crippen LogP contribution in [0.5, 0.6) is 0 Å². The van der Waals surface area contributed by atoms with Gasteiger partial charge in [-0.05, 0) is 6.42 Å². The zero-order valence-electron chi connectivity index (χ0n) is 37.7. The van der Waals surface area contributed by atoms with Crippen LogP contribution >= 0.6 is 35.2 Å². The average Bonchev–Trinajstić information content (AvgIpc) is 3.80. The monoisotopic (exact) mass is 1020 g/mol. The van der Waals surface area contributed by atoms with Crippen LogP contribution in [0.25, 0.3) is 11.2 Å². The molecule has 3 rings (SSSR count). The molecule has 1 fully saturated rings. The number of nitrogens with one attached hydrogen (secondary N) is 2. The highest BCUT2D eigenvalue weighted by molar-refractivity contribution is 7.99. The second-order valence-corrected chi connectivity index (χ2v) is 22.0. The highest BCUT2D eigenvalue weighted by Crippen LogP contribution is 2.61. The molecule has 3 heterocycles. The van der Waals surface area contributed by atoms with E-state index in [1.54, 1.807) is 0 Å². The van der Waals surface area contributed by atoms with E-state index in [1.807, 2.05) is 0 Å². The van der Waals surface area contributed by atoms with Gasteiger partial charge in [-0.3, -0.25) is 32.5 Å². The smallest absolute Gasteiger partial charge is 0.386 e. The number of imidazole rings is 1. The minimum Gasteiger partial charge on any atom is -0.386 e. The van der Waals surface area contributed by atoms with Gasteiger partial charge in [-0.2, -0.15) is 16.1 Å². The Morgan fingerprint density at radius 3 is 2.11 bits per heavy atom. The predicted molar refractivity (Wildman–Crippen MR) is 242 cm³/mol. The van der Waals surface area contributed by atoms with E-state index in [1.165, 1.54) is 89.8 Å². The molecule has 2 amide bonds. The molecule has 3 unspecified atom stereocenters. The summed E-state index contributed by atoms with van der Waals surface area (Å²) >= 11 is 1.43. The number of aliphatic hydroxyl groups is 2. The summed E-state index contributed by atoms with van der Waals surface area (Å²) in [6.07, 6.45) is 9.84. The van der Waals surface area contributed by atoms with Crippen molar-refractivity contribution < 1.29 is 80.5 Å². The summed E-state index contributed by atoms with van der Waals surface area (Å²) in [6.45, 7) is 2.91. The molecule has 1 aliphatic rings. The number of thioether (sulfide) groups is 1. The molecular formula is C38H68N7O17P3S. The molecule has 1 aliphatic heterocycles. The van der Waals surface area contributed by atoms with Gasteiger partial charge in [0.2, 0.25) is 11.8 Å². The van der Waals surface area contributed by atoms with Crippen molar-refractivity contribution in [2.24, 2.45) is 5.41 Å². The van der Waals surface area contributed by atoms with E-state index in [-0.39, 0.29) is 41.6 Å². The fourth-order valence-corrected chi connectivity index (χ4v) is 10.4. The Balaban J connectivity index is 1.31. The number of unbranched alkanes of at least 4 members (excludes halogenated alkanes) is 12. The fraction of sp³-hybridized carbons (Fsp3) is 0.789. The number of ketones is 1. The number of aliphatic hydroxyl groups excluding tert-OH is 2. The first-order valence-electron chi connectivity index (χ1n) is 22.0. The number of carbonyl (C=O) groups is 3. The number of nitrogen functional groups attached to an aromatic ring is 1. The molecule has 0 spiro atoms. The van der Waals surface area contributed by atoms with Crippen LogP contribution < -0.4 is 16.4 Å². The lowest BCUT2D eigenvalue weighted by Gasteiger charge is -2.30. The van der Waals surface area contributed by atoms with E-state index in [2.05, 4.69) is 41.3 Å². The van der Waals surface area contributed by atoms with Crippen LogP contribution in [0.3, 0.4) is 0 Å². The van der Waals surface area contributed by atoms with Crippen LogP contribution in [0.2, 0.25) is 0 Å². The first-order chi connectivity index (χ1) is 31.1. The molecule has 0 aromatic carbocycles. The van der Waals surface area contributed by atoms with Crippen LogP contribution in [-0.2, 0) is 50.7 Å². The van der Waals surface area contributed by atoms with Gasteiger partial charge in [0.15, 0.2) is 17.7 Å². The highest BCUT2D eigenvalue weighted by atomic mass is 32.2. The molecule has 0 radical (unpaired) electrons. The number of nitrogens with zero attached hydrogens (tertiary/aromatic N) is 4. The number of phosphoric ester groups is 3. The molecule has 0 saturated carbocycles. The first-order valence-corrected chi connectivity index (χ1v) is 27.7. The fourth-order valence-electron chi connectivity index (χ4n) is 6.80. The van der Waals surface area contributed by atoms with Crippen LogP contribution in [0, 0.1) is 5.41 Å². The molecule has 28 heteroatoms. The lowest BCUT2D eigenvalue weighted by atomic mass is 9.87. The molecular weight excluding hydrogens is 951 g/mol. The number of nitrogens with two attached hydrogens (primary N) is 1. The SMILES string of the molecule is CCCCCCCCCCCCCCCC(=O)CSCCNC(=O)CCNC(=O)C(O)C(C)(C)COP(=O)(O)OP(=O)(O)OC[C@H]1O[C@@H](n2cnc3c(N)ncnc32)[C@H](O)[C@@H]1OP(=O)(O)O. The van der Waals surface area contributed by atoms with Gasteiger partial charge >= 0.3 is 23.5 Å². The van der Waals surface area contributed by atoms with E-state index in [4.69, 9.17) is 19.5 Å². The Kier molecular flexibility index (Phi) is 24.8. The zero-order chi connectivity index (χ0) is 49.0. The number of hydrogen-bond acceptors (Lipinski definition) is 18. The van der Waals surface area contributed by atoms with Gasteiger partial charge in [-0.25, -0.2) is 28.6 Å². The topological polar surface area (TPSA) is 364 Å². The molecule has 0 aliphatic carbocycles. The molecule has 66 heavy (non-hydrogen) atoms. The van der Waals surface area contributed by atoms with E-state index in [0.717, 1.165) is 36.5 Å². The van der Waals surface area contributed by atoms with Crippen molar-refractivity contribution in [3.63, 3.8) is 0 Å². The molecule has 24 nitrogen and oxygen atoms in total. The molecule has 7 atom stereocenters. The van der Waals surface area contributed by atoms with Gasteiger partial charge in [0.25, 0.3) is 0 Å². The summed E-state index contributed by atoms with van der Waals surface area (Å²) in [5.41, 5.74) is 4.30. The summed E-state index contributed by atoms with van der Waals surface area (Å²) in [6, 6.07) is 0. The number of carbonyl (C=O) groups excluding carboxylic acids is 3. The summed E-state index contributed by atoms with van der Waals surface area (Å²) in [4.78, 5) is 88.3. The van der Waals surface area contributed by atoms with E-state index in [9.17, 15) is 57.9 Å². The lowest BCUT2D eigenvalue weighted by molar-refractivity contribution is -0.137. The second-order valence-electron chi connectivity index (χ2n) is 16.7. The molecule has 2 aromatic heterocycles. The van der Waals surface area contributed by atoms with Crippen molar-refractivity contribution in [2.45, 2.75) is 148 Å². The number of Topliss-reactive ketones (excluding diaryl/α,β-unsaturated/α-hetero) is 1. The van der Waals surface area contributed by atoms with Gasteiger partial charge in [0, 0.05) is 37.1 Å². The average molecular weight is 1020 g/mol. The maximum absolute atomic E-state index is 12.7. The number of phosphoric acid groups is 3. The number of ether oxygens (including phenoxy) is 1. The normalized spacial score (nSPS) is 20.2. The largest absolute Gasteiger partial charge is 0.481 e. The van der Waals surface area contributed by atoms with Crippen molar-refractivity contribution in [2.75, 3.05) is 43.5 Å². The number of amides is 2. The highest BCUT2D eigenvalue weighted by Gasteiger charge is 2.50. The quantitative estimate of drug-likeness (QED) is 0.0345. The summed E-state index contributed by atoms with van der Waals surface area (Å²) in [7, 11) is -16.4. The summed E-state index contributed by atoms with van der Waals surface area (Å²) in [5, 5.41) is 26.6. The van der Waals surface area contributed by atoms with Crippen molar-refractivity contribution >= 4 is 69.8 Å². The maximum Gasteiger partial charge on any atom is 0.481 e. The predicted octanol–water partition coefficient (Wildman–Crippen LogP) is 4.19. The number of hydrogen-bond donors (Lipinski definition) is 9. The van der Waals surface area contributed by atoms with Gasteiger partial charge in [-0.1, -0.05) is 97.8 Å². The lowest BCUT2D eigenvalue weighted by Crippen LogP contribution is -2.46. The molecule has 1 saturated heterocycles. The summed E-state index contributed by atoms with van der Waals surface area (Å²) < 4.78 is 62.4. The molecule has 0 bridgehead atoms. The van der Waals surface area contributed by atoms with E-state index < -0.39 is 78.6 Å². The molecule has 378 valence electrons. The first kappa shape index (κ1) is 57.9. The molecule has 2 aromatic rings. The van der Waals surface area contributed by atoms with Crippen LogP contribution in [-0.4, -0.2) is 129 Å². The Morgan fingerprint density at radius 1 is 0.879 bits per heavy atom. The number of fused-ring (bicyclic) bond motifs is 1. The Bertz CT molecular complexity index is 1980. The van der Waals surface area contributed by atoms with Crippen LogP contribution in [0.15, 0.2) is 12.7 Å². The molecule has 10 N–H and O–H groups in total. The van der Waals surface area contributed by atoms with Crippen LogP contribution in [0.1, 0.15) is 123 Å². The maximum atomic E-state index is 12.7. The standard InChI is InChI=1S/C38H68N7O17P3S/c1-4-5-6-7-8-9-10-11-12-13-14-15-16-17-27(46)23-66-21-20-40-29(47)18-19-41-36(50)33(49)38(2,3)24-59-65(56,57)62-64(54,55)58-22-28-32(61-63(51,52)53)31(48)37(60-28)45-26-44-30-34(39)42-25-43-35(30)45/h25-26,28,31-33,37,48-49H,4-24H2,1-3H3,(H,40,47)(H,41,50)(H,54,55)(H,56,57)(H2,39,42,43)(H2,51,52,53)/t28-,31-,32-,33?,37-/m1/s1. The Hall–Kier alpha value is -2.44. The Labute approximate surface area is 388 Å². The van der Waals surface area contributed by atoms with Crippen molar-refractivity contribution in [1.29, 1.82) is 0 Å². The minimum absolute atomic E-state index is 0.0346. The van der Waals surface area contributed by atoms with Crippen molar-refractivity contribution in [1.82, 2.24) is 30.2 Å². The van der Waals surface area contributed by atoms with Gasteiger partial charge in [-0.15, -0.1) is 0 Å². The van der Waals surface area contributed by atoms with E-state index in [0.29, 0.717) is 24.5 Å². The van der Waals surface area contributed by atoms with Crippen LogP contribution in [0.4, 0.5) is 5.82 Å². The van der Waals surface area contributed by atoms with Gasteiger partial charge in [0.05, 0.1) is 25.3 Å². The third-order valence-electron chi connectivity index (χ3n) is 10.5. The van der Waals surface area contributed by atoms with Gasteiger partial charge in [0.1, 0.15) is 42.0 Å². The number of aromatic nitrogens is 4. The third-order valence-corrected chi connectivity index (χ3v) is 14.6. The van der Waals surface area contributed by atoms with E-state index >= 15 is 0 Å². The van der Waals surface area contributed by atoms with Gasteiger partial charge < -0.3 is 50.9 Å². The number of rotatable bonds is 35. The second kappa shape index (κ2) is 28.3. The third kappa shape index (κ3) is 21.1. The van der Waals surface area contributed by atoms with Crippen molar-refractivity contribution in [3.8, 4) is 0 Å². The summed E-state index contributed by atoms with van der Waals surface area (Å²) in [5.74, 6) is -0.299. The Morgan fingerprint density at radius 2 is 1.48 bits per heavy atom. The zero-order valence-corrected chi connectivity index (χ0v) is 41.2. The minimum atomic E-state index is -5.57. The number of anilines is 1.